The molecule has 0 amide bonds. The maximum Gasteiger partial charge on any atom is 0.122 e. The molecule has 0 radical (unpaired) electrons. The zero-order chi connectivity index (χ0) is 4.28. The first-order chi connectivity index (χ1) is 2.27. The summed E-state index contributed by atoms with van der Waals surface area (Å²) >= 11 is 0. The van der Waals surface area contributed by atoms with Gasteiger partial charge in [0.05, 0.1) is 0 Å². The monoisotopic (exact) mass is 70.1 g/mol. The van der Waals surface area contributed by atoms with Crippen LogP contribution in [0.25, 0.3) is 0 Å². The van der Waals surface area contributed by atoms with Crippen molar-refractivity contribution in [3.63, 3.8) is 0 Å². The van der Waals surface area contributed by atoms with Gasteiger partial charge in [-0.1, -0.05) is 0 Å². The summed E-state index contributed by atoms with van der Waals surface area (Å²) in [6.07, 6.45) is 0.667. The lowest BCUT2D eigenvalue weighted by Crippen LogP contribution is -1.83. The van der Waals surface area contributed by atoms with Crippen LogP contribution in [-0.4, -0.2) is 13.6 Å². The summed E-state index contributed by atoms with van der Waals surface area (Å²) in [5.41, 5.74) is 0. The van der Waals surface area contributed by atoms with Gasteiger partial charge in [-0.15, -0.1) is 0 Å². The van der Waals surface area contributed by atoms with Crippen LogP contribution in [0.3, 0.4) is 0 Å². The minimum absolute atomic E-state index is 0.255. The summed E-state index contributed by atoms with van der Waals surface area (Å²) in [6, 6.07) is 0. The number of Topliss-reactive ketones (excluding diaryl/α,β-unsaturated/α-hetero) is 1. The van der Waals surface area contributed by atoms with Gasteiger partial charge in [0.25, 0.3) is 0 Å². The zero-order valence-corrected chi connectivity index (χ0v) is 3.62. The van der Waals surface area contributed by atoms with Crippen LogP contribution in [0.4, 0.5) is 0 Å². The molecule has 0 unspecified atom stereocenters. The molecule has 0 N–H and O–H groups in total. The van der Waals surface area contributed by atoms with Crippen molar-refractivity contribution in [2.45, 2.75) is 13.2 Å². The number of hydrogen-bond donors (Lipinski definition) is 0. The topological polar surface area (TPSA) is 17.1 Å². The van der Waals surface area contributed by atoms with E-state index in [1.54, 1.807) is 6.92 Å². The summed E-state index contributed by atoms with van der Waals surface area (Å²) in [6.45, 7) is 1.58. The van der Waals surface area contributed by atoms with Gasteiger partial charge in [0.15, 0.2) is 0 Å². The van der Waals surface area contributed by atoms with E-state index in [1.807, 2.05) is 7.85 Å². The Morgan fingerprint density at radius 3 is 2.20 bits per heavy atom. The van der Waals surface area contributed by atoms with Crippen LogP contribution in [0.1, 0.15) is 6.92 Å². The molecule has 0 heterocycles. The van der Waals surface area contributed by atoms with Crippen LogP contribution in [0.15, 0.2) is 0 Å². The normalized spacial score (nSPS) is 7.40. The van der Waals surface area contributed by atoms with Gasteiger partial charge < -0.3 is 4.79 Å². The Bertz CT molecular complexity index is 42.2. The van der Waals surface area contributed by atoms with Crippen molar-refractivity contribution in [3.8, 4) is 0 Å². The molecular weight excluding hydrogens is 62.8 g/mol. The average molecular weight is 69.9 g/mol. The van der Waals surface area contributed by atoms with Crippen molar-refractivity contribution in [1.82, 2.24) is 0 Å². The first-order valence-electron chi connectivity index (χ1n) is 1.76. The molecule has 0 rings (SSSR count). The molecule has 2 heteroatoms. The number of ketones is 1. The molecule has 0 aromatic rings. The smallest absolute Gasteiger partial charge is 0.122 e. The number of carbonyl (C=O) groups excluding carboxylic acids is 1. The zero-order valence-electron chi connectivity index (χ0n) is 3.62. The van der Waals surface area contributed by atoms with E-state index < -0.39 is 0 Å². The largest absolute Gasteiger partial charge is 0.301 e. The lowest BCUT2D eigenvalue weighted by atomic mass is 10.0. The van der Waals surface area contributed by atoms with Gasteiger partial charge >= 0.3 is 0 Å². The molecule has 0 spiro atoms. The van der Waals surface area contributed by atoms with Crippen molar-refractivity contribution < 1.29 is 4.79 Å². The number of hydrogen-bond acceptors (Lipinski definition) is 1. The number of rotatable bonds is 1. The lowest BCUT2D eigenvalue weighted by molar-refractivity contribution is -0.114. The number of carbonyl (C=O) groups is 1. The second kappa shape index (κ2) is 2.00. The minimum Gasteiger partial charge on any atom is -0.301 e. The van der Waals surface area contributed by atoms with Crippen molar-refractivity contribution in [2.75, 3.05) is 0 Å². The van der Waals surface area contributed by atoms with Crippen LogP contribution in [-0.2, 0) is 4.79 Å². The maximum absolute atomic E-state index is 9.81. The third-order valence-electron chi connectivity index (χ3n) is 0.498. The van der Waals surface area contributed by atoms with Gasteiger partial charge in [-0.05, 0) is 13.2 Å². The van der Waals surface area contributed by atoms with Gasteiger partial charge in [-0.2, -0.15) is 0 Å². The Balaban J connectivity index is 2.85. The molecular formula is C3H7BO. The van der Waals surface area contributed by atoms with Gasteiger partial charge in [0, 0.05) is 0 Å². The van der Waals surface area contributed by atoms with Gasteiger partial charge in [0.1, 0.15) is 13.6 Å². The van der Waals surface area contributed by atoms with Crippen LogP contribution < -0.4 is 0 Å². The van der Waals surface area contributed by atoms with Crippen LogP contribution in [0, 0.1) is 0 Å². The Kier molecular flexibility index (Phi) is 1.90. The standard InChI is InChI=1S/C3H7BO/c1-3(5)2-4/h2,4H2,1H3. The maximum atomic E-state index is 9.81. The third-order valence-corrected chi connectivity index (χ3v) is 0.498. The highest BCUT2D eigenvalue weighted by molar-refractivity contribution is 6.19. The molecule has 0 aliphatic rings. The molecule has 0 aromatic heterocycles. The molecule has 5 heavy (non-hydrogen) atoms. The van der Waals surface area contributed by atoms with Gasteiger partial charge in [-0.25, -0.2) is 0 Å². The molecule has 0 aromatic carbocycles. The van der Waals surface area contributed by atoms with Crippen molar-refractivity contribution in [1.29, 1.82) is 0 Å². The van der Waals surface area contributed by atoms with Crippen molar-refractivity contribution in [3.05, 3.63) is 0 Å². The van der Waals surface area contributed by atoms with E-state index >= 15 is 0 Å². The highest BCUT2D eigenvalue weighted by Crippen LogP contribution is 1.68. The lowest BCUT2D eigenvalue weighted by Gasteiger charge is -1.71. The Morgan fingerprint density at radius 1 is 2.00 bits per heavy atom. The highest BCUT2D eigenvalue weighted by Gasteiger charge is 1.77. The summed E-state index contributed by atoms with van der Waals surface area (Å²) in [7, 11) is 1.85. The predicted octanol–water partition coefficient (Wildman–Crippen LogP) is -0.373. The fraction of sp³-hybridized carbons (Fsp3) is 0.667. The molecule has 0 bridgehead atoms. The summed E-state index contributed by atoms with van der Waals surface area (Å²) in [5.74, 6) is 0.255. The van der Waals surface area contributed by atoms with Crippen molar-refractivity contribution in [2.24, 2.45) is 0 Å². The molecule has 1 nitrogen and oxygen atoms in total. The SMILES string of the molecule is BCC(C)=O. The molecule has 0 saturated carbocycles. The quantitative estimate of drug-likeness (QED) is 0.384. The van der Waals surface area contributed by atoms with Crippen molar-refractivity contribution >= 4 is 13.6 Å². The minimum atomic E-state index is 0.255. The van der Waals surface area contributed by atoms with E-state index in [1.165, 1.54) is 0 Å². The Morgan fingerprint density at radius 2 is 2.20 bits per heavy atom. The van der Waals surface area contributed by atoms with Crippen LogP contribution in [0.2, 0.25) is 6.32 Å². The van der Waals surface area contributed by atoms with E-state index in [0.29, 0.717) is 6.32 Å². The van der Waals surface area contributed by atoms with E-state index in [9.17, 15) is 4.79 Å². The van der Waals surface area contributed by atoms with E-state index in [0.717, 1.165) is 0 Å². The van der Waals surface area contributed by atoms with Gasteiger partial charge in [-0.3, -0.25) is 0 Å². The molecule has 0 aliphatic carbocycles. The van der Waals surface area contributed by atoms with Crippen LogP contribution >= 0.6 is 0 Å². The van der Waals surface area contributed by atoms with Crippen LogP contribution in [0.5, 0.6) is 0 Å². The second-order valence-corrected chi connectivity index (χ2v) is 1.06. The molecule has 0 aliphatic heterocycles. The summed E-state index contributed by atoms with van der Waals surface area (Å²) in [5, 5.41) is 0. The third kappa shape index (κ3) is 3.73. The Hall–Kier alpha value is -0.265. The second-order valence-electron chi connectivity index (χ2n) is 1.06. The first-order valence-corrected chi connectivity index (χ1v) is 1.76. The first kappa shape index (κ1) is 4.73. The summed E-state index contributed by atoms with van der Waals surface area (Å²) < 4.78 is 0. The predicted molar refractivity (Wildman–Crippen MR) is 24.0 cm³/mol. The molecule has 0 saturated heterocycles. The van der Waals surface area contributed by atoms with E-state index in [4.69, 9.17) is 0 Å². The van der Waals surface area contributed by atoms with Gasteiger partial charge in [0.2, 0.25) is 0 Å². The van der Waals surface area contributed by atoms with E-state index in [2.05, 4.69) is 0 Å². The van der Waals surface area contributed by atoms with E-state index in [-0.39, 0.29) is 5.78 Å². The molecule has 0 fully saturated rings. The summed E-state index contributed by atoms with van der Waals surface area (Å²) in [4.78, 5) is 9.81. The average Bonchev–Trinajstić information content (AvgIpc) is 1.38. The molecule has 28 valence electrons. The Labute approximate surface area is 32.8 Å². The fourth-order valence-corrected chi connectivity index (χ4v) is 0. The highest BCUT2D eigenvalue weighted by atomic mass is 16.1. The molecule has 0 atom stereocenters. The fourth-order valence-electron chi connectivity index (χ4n) is 0.